The Hall–Kier alpha value is -1.15. The fourth-order valence-electron chi connectivity index (χ4n) is 3.06. The van der Waals surface area contributed by atoms with E-state index in [0.717, 1.165) is 11.3 Å². The van der Waals surface area contributed by atoms with Gasteiger partial charge in [-0.3, -0.25) is 0 Å². The van der Waals surface area contributed by atoms with Crippen LogP contribution in [0.3, 0.4) is 0 Å². The standard InChI is InChI=1S/C15H21NO5S/c1-15(10-5-3-4-6-12(10)20-2)7-14(15)16-22(18,19)13-9-21-8-11(13)17/h3-6,11,13-14,16-17H,7-9H2,1-2H3. The zero-order chi connectivity index (χ0) is 16.0. The van der Waals surface area contributed by atoms with Gasteiger partial charge in [0.25, 0.3) is 0 Å². The first-order chi connectivity index (χ1) is 10.4. The van der Waals surface area contributed by atoms with E-state index in [2.05, 4.69) is 4.72 Å². The Balaban J connectivity index is 1.76. The van der Waals surface area contributed by atoms with Crippen LogP contribution in [0.1, 0.15) is 18.9 Å². The molecule has 1 saturated carbocycles. The summed E-state index contributed by atoms with van der Waals surface area (Å²) < 4.78 is 37.9. The van der Waals surface area contributed by atoms with Crippen LogP contribution in [0.15, 0.2) is 24.3 Å². The van der Waals surface area contributed by atoms with E-state index in [1.54, 1.807) is 7.11 Å². The van der Waals surface area contributed by atoms with Gasteiger partial charge in [0, 0.05) is 17.0 Å². The lowest BCUT2D eigenvalue weighted by Gasteiger charge is -2.18. The maximum Gasteiger partial charge on any atom is 0.219 e. The van der Waals surface area contributed by atoms with Crippen LogP contribution in [-0.4, -0.2) is 51.2 Å². The number of sulfonamides is 1. The van der Waals surface area contributed by atoms with Crippen LogP contribution in [0.4, 0.5) is 0 Å². The molecular formula is C15H21NO5S. The number of rotatable bonds is 5. The van der Waals surface area contributed by atoms with Gasteiger partial charge < -0.3 is 14.6 Å². The SMILES string of the molecule is COc1ccccc1C1(C)CC1NS(=O)(=O)C1COCC1O. The lowest BCUT2D eigenvalue weighted by atomic mass is 9.96. The maximum atomic E-state index is 12.4. The molecule has 1 aromatic rings. The summed E-state index contributed by atoms with van der Waals surface area (Å²) in [5.74, 6) is 0.760. The molecule has 3 rings (SSSR count). The average molecular weight is 327 g/mol. The molecular weight excluding hydrogens is 306 g/mol. The third-order valence-electron chi connectivity index (χ3n) is 4.66. The number of ether oxygens (including phenoxy) is 2. The molecule has 6 nitrogen and oxygen atoms in total. The van der Waals surface area contributed by atoms with Gasteiger partial charge in [-0.1, -0.05) is 25.1 Å². The van der Waals surface area contributed by atoms with Gasteiger partial charge in [-0.05, 0) is 12.5 Å². The van der Waals surface area contributed by atoms with Crippen LogP contribution in [-0.2, 0) is 20.2 Å². The molecule has 2 aliphatic rings. The molecule has 0 radical (unpaired) electrons. The van der Waals surface area contributed by atoms with Gasteiger partial charge in [-0.15, -0.1) is 0 Å². The number of methoxy groups -OCH3 is 1. The molecule has 1 aliphatic carbocycles. The minimum Gasteiger partial charge on any atom is -0.496 e. The molecule has 1 aromatic carbocycles. The monoisotopic (exact) mass is 327 g/mol. The minimum absolute atomic E-state index is 0.0363. The number of para-hydroxylation sites is 1. The van der Waals surface area contributed by atoms with Crippen LogP contribution >= 0.6 is 0 Å². The van der Waals surface area contributed by atoms with E-state index in [9.17, 15) is 13.5 Å². The van der Waals surface area contributed by atoms with E-state index >= 15 is 0 Å². The number of aliphatic hydroxyl groups is 1. The summed E-state index contributed by atoms with van der Waals surface area (Å²) in [6.45, 7) is 2.12. The zero-order valence-electron chi connectivity index (χ0n) is 12.7. The van der Waals surface area contributed by atoms with Gasteiger partial charge in [0.2, 0.25) is 10.0 Å². The van der Waals surface area contributed by atoms with Gasteiger partial charge in [-0.25, -0.2) is 13.1 Å². The van der Waals surface area contributed by atoms with Crippen molar-refractivity contribution < 1.29 is 23.0 Å². The highest BCUT2D eigenvalue weighted by atomic mass is 32.2. The summed E-state index contributed by atoms with van der Waals surface area (Å²) in [6, 6.07) is 7.45. The minimum atomic E-state index is -3.61. The third kappa shape index (κ3) is 2.62. The first-order valence-corrected chi connectivity index (χ1v) is 8.83. The second kappa shape index (κ2) is 5.49. The van der Waals surface area contributed by atoms with Gasteiger partial charge in [0.1, 0.15) is 11.0 Å². The number of nitrogens with one attached hydrogen (secondary N) is 1. The molecule has 1 saturated heterocycles. The molecule has 1 heterocycles. The van der Waals surface area contributed by atoms with Crippen LogP contribution < -0.4 is 9.46 Å². The second-order valence-electron chi connectivity index (χ2n) is 6.18. The first-order valence-electron chi connectivity index (χ1n) is 7.29. The summed E-state index contributed by atoms with van der Waals surface area (Å²) in [6.07, 6.45) is -0.259. The summed E-state index contributed by atoms with van der Waals surface area (Å²) in [5.41, 5.74) is 0.706. The van der Waals surface area contributed by atoms with Crippen molar-refractivity contribution >= 4 is 10.0 Å². The van der Waals surface area contributed by atoms with E-state index in [1.807, 2.05) is 31.2 Å². The van der Waals surface area contributed by atoms with Gasteiger partial charge in [-0.2, -0.15) is 0 Å². The number of aliphatic hydroxyl groups excluding tert-OH is 1. The highest BCUT2D eigenvalue weighted by molar-refractivity contribution is 7.90. The molecule has 0 spiro atoms. The highest BCUT2D eigenvalue weighted by Crippen LogP contribution is 2.51. The fourth-order valence-corrected chi connectivity index (χ4v) is 4.74. The Morgan fingerprint density at radius 1 is 1.36 bits per heavy atom. The van der Waals surface area contributed by atoms with E-state index in [4.69, 9.17) is 9.47 Å². The molecule has 22 heavy (non-hydrogen) atoms. The molecule has 1 aliphatic heterocycles. The first kappa shape index (κ1) is 15.7. The smallest absolute Gasteiger partial charge is 0.219 e. The van der Waals surface area contributed by atoms with Crippen LogP contribution in [0.2, 0.25) is 0 Å². The lowest BCUT2D eigenvalue weighted by molar-refractivity contribution is 0.127. The number of hydrogen-bond acceptors (Lipinski definition) is 5. The van der Waals surface area contributed by atoms with Crippen molar-refractivity contribution in [2.45, 2.75) is 36.2 Å². The predicted molar refractivity (Wildman–Crippen MR) is 81.4 cm³/mol. The van der Waals surface area contributed by atoms with E-state index in [-0.39, 0.29) is 24.7 Å². The number of hydrogen-bond donors (Lipinski definition) is 2. The molecule has 0 bridgehead atoms. The Morgan fingerprint density at radius 2 is 2.09 bits per heavy atom. The topological polar surface area (TPSA) is 84.9 Å². The Bertz CT molecular complexity index is 662. The maximum absolute atomic E-state index is 12.4. The number of benzene rings is 1. The molecule has 2 fully saturated rings. The van der Waals surface area contributed by atoms with Crippen LogP contribution in [0, 0.1) is 0 Å². The van der Waals surface area contributed by atoms with E-state index in [0.29, 0.717) is 6.42 Å². The van der Waals surface area contributed by atoms with Crippen molar-refractivity contribution in [2.24, 2.45) is 0 Å². The molecule has 4 unspecified atom stereocenters. The van der Waals surface area contributed by atoms with Crippen molar-refractivity contribution in [3.05, 3.63) is 29.8 Å². The largest absolute Gasteiger partial charge is 0.496 e. The van der Waals surface area contributed by atoms with Crippen LogP contribution in [0.25, 0.3) is 0 Å². The molecule has 2 N–H and O–H groups in total. The van der Waals surface area contributed by atoms with Crippen molar-refractivity contribution in [1.29, 1.82) is 0 Å². The van der Waals surface area contributed by atoms with Gasteiger partial charge >= 0.3 is 0 Å². The van der Waals surface area contributed by atoms with Crippen molar-refractivity contribution in [3.8, 4) is 5.75 Å². The Kier molecular flexibility index (Phi) is 3.92. The average Bonchev–Trinajstić information content (AvgIpc) is 2.92. The molecule has 122 valence electrons. The molecule has 0 aromatic heterocycles. The summed E-state index contributed by atoms with van der Waals surface area (Å²) >= 11 is 0. The Labute approximate surface area is 130 Å². The Morgan fingerprint density at radius 3 is 2.73 bits per heavy atom. The second-order valence-corrected chi connectivity index (χ2v) is 8.11. The van der Waals surface area contributed by atoms with Crippen LogP contribution in [0.5, 0.6) is 5.75 Å². The molecule has 0 amide bonds. The van der Waals surface area contributed by atoms with E-state index in [1.165, 1.54) is 0 Å². The normalized spacial score (nSPS) is 34.6. The van der Waals surface area contributed by atoms with Gasteiger partial charge in [0.05, 0.1) is 26.4 Å². The van der Waals surface area contributed by atoms with Gasteiger partial charge in [0.15, 0.2) is 0 Å². The predicted octanol–water partition coefficient (Wildman–Crippen LogP) is 0.404. The van der Waals surface area contributed by atoms with Crippen molar-refractivity contribution in [1.82, 2.24) is 4.72 Å². The fraction of sp³-hybridized carbons (Fsp3) is 0.600. The van der Waals surface area contributed by atoms with Crippen molar-refractivity contribution in [2.75, 3.05) is 20.3 Å². The third-order valence-corrected chi connectivity index (χ3v) is 6.52. The molecule has 7 heteroatoms. The quantitative estimate of drug-likeness (QED) is 0.818. The van der Waals surface area contributed by atoms with E-state index < -0.39 is 21.4 Å². The lowest BCUT2D eigenvalue weighted by Crippen LogP contribution is -2.43. The highest BCUT2D eigenvalue weighted by Gasteiger charge is 2.55. The molecule has 4 atom stereocenters. The summed E-state index contributed by atoms with van der Waals surface area (Å²) in [5, 5.41) is 8.83. The summed E-state index contributed by atoms with van der Waals surface area (Å²) in [4.78, 5) is 0. The zero-order valence-corrected chi connectivity index (χ0v) is 13.5. The summed E-state index contributed by atoms with van der Waals surface area (Å²) in [7, 11) is -2.00. The van der Waals surface area contributed by atoms with Crippen molar-refractivity contribution in [3.63, 3.8) is 0 Å².